The highest BCUT2D eigenvalue weighted by atomic mass is 15.1. The lowest BCUT2D eigenvalue weighted by molar-refractivity contribution is 0.416. The topological polar surface area (TPSA) is 6.48 Å². The number of allylic oxidation sites excluding steroid dienone is 2. The van der Waals surface area contributed by atoms with Crippen LogP contribution in [0.25, 0.3) is 33.4 Å². The van der Waals surface area contributed by atoms with Crippen LogP contribution in [0.3, 0.4) is 0 Å². The number of hydrogen-bond acceptors (Lipinski definition) is 2. The zero-order valence-corrected chi connectivity index (χ0v) is 36.9. The van der Waals surface area contributed by atoms with Crippen molar-refractivity contribution in [1.82, 2.24) is 0 Å². The quantitative estimate of drug-likeness (QED) is 0.113. The average molecular weight is 831 g/mol. The molecule has 316 valence electrons. The number of nitrogens with zero attached hydrogens (tertiary/aromatic N) is 2. The van der Waals surface area contributed by atoms with Gasteiger partial charge in [-0.25, -0.2) is 0 Å². The van der Waals surface area contributed by atoms with Crippen LogP contribution in [0.1, 0.15) is 75.3 Å². The van der Waals surface area contributed by atoms with E-state index in [0.29, 0.717) is 11.8 Å². The van der Waals surface area contributed by atoms with Gasteiger partial charge in [0.05, 0.1) is 0 Å². The molecule has 64 heavy (non-hydrogen) atoms. The molecule has 8 aromatic carbocycles. The zero-order chi connectivity index (χ0) is 42.9. The van der Waals surface area contributed by atoms with Crippen LogP contribution in [0.4, 0.5) is 34.1 Å². The molecule has 2 saturated carbocycles. The molecule has 2 fully saturated rings. The Kier molecular flexibility index (Phi) is 12.6. The van der Waals surface area contributed by atoms with Gasteiger partial charge >= 0.3 is 0 Å². The van der Waals surface area contributed by atoms with Crippen LogP contribution in [0.15, 0.2) is 218 Å². The fourth-order valence-electron chi connectivity index (χ4n) is 10.7. The van der Waals surface area contributed by atoms with Gasteiger partial charge < -0.3 is 9.80 Å². The first-order valence-corrected chi connectivity index (χ1v) is 23.7. The summed E-state index contributed by atoms with van der Waals surface area (Å²) in [6, 6.07) is 80.3. The van der Waals surface area contributed by atoms with Gasteiger partial charge in [0, 0.05) is 34.1 Å². The van der Waals surface area contributed by atoms with Crippen LogP contribution in [-0.2, 0) is 0 Å². The Morgan fingerprint density at radius 3 is 0.844 bits per heavy atom. The minimum absolute atomic E-state index is 0.512. The van der Waals surface area contributed by atoms with Crippen molar-refractivity contribution in [2.45, 2.75) is 64.2 Å². The van der Waals surface area contributed by atoms with Gasteiger partial charge in [0.2, 0.25) is 0 Å². The average Bonchev–Trinajstić information content (AvgIpc) is 3.38. The van der Waals surface area contributed by atoms with Crippen LogP contribution < -0.4 is 9.80 Å². The molecule has 2 nitrogen and oxygen atoms in total. The highest BCUT2D eigenvalue weighted by molar-refractivity contribution is 6.00. The molecule has 0 amide bonds. The third kappa shape index (κ3) is 8.84. The number of para-hydroxylation sites is 4. The van der Waals surface area contributed by atoms with Gasteiger partial charge in [-0.2, -0.15) is 0 Å². The molecule has 0 N–H and O–H groups in total. The summed E-state index contributed by atoms with van der Waals surface area (Å²) in [5.41, 5.74) is 18.1. The first-order chi connectivity index (χ1) is 31.8. The monoisotopic (exact) mass is 830 g/mol. The number of hydrogen-bond donors (Lipinski definition) is 0. The lowest BCUT2D eigenvalue weighted by Crippen LogP contribution is -2.17. The molecule has 0 radical (unpaired) electrons. The van der Waals surface area contributed by atoms with E-state index in [2.05, 4.69) is 228 Å². The van der Waals surface area contributed by atoms with Crippen LogP contribution >= 0.6 is 0 Å². The van der Waals surface area contributed by atoms with E-state index in [1.807, 2.05) is 0 Å². The molecule has 0 spiro atoms. The molecule has 2 aliphatic carbocycles. The van der Waals surface area contributed by atoms with Crippen LogP contribution in [0.5, 0.6) is 0 Å². The second-order valence-corrected chi connectivity index (χ2v) is 17.7. The smallest absolute Gasteiger partial charge is 0.0462 e. The Morgan fingerprint density at radius 1 is 0.266 bits per heavy atom. The van der Waals surface area contributed by atoms with Crippen molar-refractivity contribution < 1.29 is 0 Å². The number of anilines is 6. The fourth-order valence-corrected chi connectivity index (χ4v) is 10.7. The van der Waals surface area contributed by atoms with Gasteiger partial charge in [-0.3, -0.25) is 0 Å². The summed E-state index contributed by atoms with van der Waals surface area (Å²) in [5.74, 6) is 1.02. The van der Waals surface area contributed by atoms with E-state index in [-0.39, 0.29) is 0 Å². The van der Waals surface area contributed by atoms with Gasteiger partial charge in [0.15, 0.2) is 0 Å². The van der Waals surface area contributed by atoms with Gasteiger partial charge in [-0.15, -0.1) is 0 Å². The maximum Gasteiger partial charge on any atom is 0.0462 e. The summed E-state index contributed by atoms with van der Waals surface area (Å²) in [7, 11) is 0. The zero-order valence-electron chi connectivity index (χ0n) is 36.9. The molecule has 0 unspecified atom stereocenters. The summed E-state index contributed by atoms with van der Waals surface area (Å²) in [6.45, 7) is 0. The molecular weight excluding hydrogens is 773 g/mol. The molecule has 0 saturated heterocycles. The van der Waals surface area contributed by atoms with Crippen LogP contribution in [0, 0.1) is 11.8 Å². The first-order valence-electron chi connectivity index (χ1n) is 23.7. The molecule has 0 bridgehead atoms. The third-order valence-electron chi connectivity index (χ3n) is 13.7. The Morgan fingerprint density at radius 2 is 0.531 bits per heavy atom. The lowest BCUT2D eigenvalue weighted by Gasteiger charge is -2.34. The predicted octanol–water partition coefficient (Wildman–Crippen LogP) is 18.0. The third-order valence-corrected chi connectivity index (χ3v) is 13.7. The summed E-state index contributed by atoms with van der Waals surface area (Å²) in [6.07, 6.45) is 12.8. The SMILES string of the molecule is c1ccc(N(c2ccccc2)c2ccc(-c3ccccc3/C(=C(\c3ccccc3-c3ccc(N(c4ccccc4)c4ccccc4)cc3)C3CCCCC3)C3CCCCC3)cc2)cc1. The molecule has 0 aromatic heterocycles. The largest absolute Gasteiger partial charge is 0.311 e. The van der Waals surface area contributed by atoms with E-state index in [0.717, 1.165) is 34.1 Å². The summed E-state index contributed by atoms with van der Waals surface area (Å²) >= 11 is 0. The summed E-state index contributed by atoms with van der Waals surface area (Å²) < 4.78 is 0. The van der Waals surface area contributed by atoms with Gasteiger partial charge in [0.1, 0.15) is 0 Å². The van der Waals surface area contributed by atoms with Crippen molar-refractivity contribution in [3.63, 3.8) is 0 Å². The Bertz CT molecular complexity index is 2470. The van der Waals surface area contributed by atoms with Crippen molar-refractivity contribution in [1.29, 1.82) is 0 Å². The first kappa shape index (κ1) is 41.1. The van der Waals surface area contributed by atoms with E-state index in [9.17, 15) is 0 Å². The molecule has 2 aliphatic rings. The number of benzene rings is 8. The standard InChI is InChI=1S/C62H58N2/c1-7-23-49(24-8-1)61(59-37-21-19-35-57(59)47-39-43-55(44-40-47)63(51-27-11-3-12-28-51)52-29-13-4-14-30-52)62(50-25-9-2-10-26-50)60-38-22-20-36-58(60)48-41-45-56(46-42-48)64(53-31-15-5-16-32-53)54-33-17-6-18-34-54/h3-6,11-22,27-46,49-50H,1-2,7-10,23-26H2/b62-61-. The second kappa shape index (κ2) is 19.7. The van der Waals surface area contributed by atoms with Gasteiger partial charge in [0.25, 0.3) is 0 Å². The van der Waals surface area contributed by atoms with E-state index >= 15 is 0 Å². The lowest BCUT2D eigenvalue weighted by atomic mass is 9.70. The Balaban J connectivity index is 1.10. The summed E-state index contributed by atoms with van der Waals surface area (Å²) in [5, 5.41) is 0. The van der Waals surface area contributed by atoms with Crippen LogP contribution in [-0.4, -0.2) is 0 Å². The molecule has 8 aromatic rings. The minimum Gasteiger partial charge on any atom is -0.311 e. The molecule has 10 rings (SSSR count). The fraction of sp³-hybridized carbons (Fsp3) is 0.194. The highest BCUT2D eigenvalue weighted by Crippen LogP contribution is 2.50. The Hall–Kier alpha value is -6.90. The molecule has 0 atom stereocenters. The van der Waals surface area contributed by atoms with Gasteiger partial charge in [-0.05, 0) is 155 Å². The van der Waals surface area contributed by atoms with Crippen molar-refractivity contribution in [2.24, 2.45) is 11.8 Å². The van der Waals surface area contributed by atoms with E-state index in [1.165, 1.54) is 97.6 Å². The molecular formula is C62H58N2. The van der Waals surface area contributed by atoms with Gasteiger partial charge in [-0.1, -0.05) is 184 Å². The minimum atomic E-state index is 0.512. The summed E-state index contributed by atoms with van der Waals surface area (Å²) in [4.78, 5) is 4.71. The Labute approximate surface area is 381 Å². The van der Waals surface area contributed by atoms with Crippen molar-refractivity contribution in [3.8, 4) is 22.3 Å². The van der Waals surface area contributed by atoms with Crippen LogP contribution in [0.2, 0.25) is 0 Å². The van der Waals surface area contributed by atoms with Crippen molar-refractivity contribution in [3.05, 3.63) is 230 Å². The maximum absolute atomic E-state index is 2.45. The van der Waals surface area contributed by atoms with Crippen molar-refractivity contribution >= 4 is 45.3 Å². The molecule has 2 heteroatoms. The highest BCUT2D eigenvalue weighted by Gasteiger charge is 2.31. The molecule has 0 aliphatic heterocycles. The van der Waals surface area contributed by atoms with E-state index in [1.54, 1.807) is 11.1 Å². The van der Waals surface area contributed by atoms with E-state index < -0.39 is 0 Å². The second-order valence-electron chi connectivity index (χ2n) is 17.7. The van der Waals surface area contributed by atoms with E-state index in [4.69, 9.17) is 0 Å². The molecule has 0 heterocycles. The predicted molar refractivity (Wildman–Crippen MR) is 273 cm³/mol. The normalized spacial score (nSPS) is 15.0. The van der Waals surface area contributed by atoms with Crippen molar-refractivity contribution in [2.75, 3.05) is 9.80 Å². The maximum atomic E-state index is 2.45. The number of rotatable bonds is 12.